The smallest absolute Gasteiger partial charge is 0.395 e. The van der Waals surface area contributed by atoms with Crippen molar-refractivity contribution in [2.75, 3.05) is 11.9 Å². The van der Waals surface area contributed by atoms with Crippen molar-refractivity contribution in [2.24, 2.45) is 11.8 Å². The number of furan rings is 1. The average molecular weight is 345 g/mol. The molecule has 0 saturated heterocycles. The lowest BCUT2D eigenvalue weighted by Crippen LogP contribution is -2.34. The zero-order valence-corrected chi connectivity index (χ0v) is 12.6. The lowest BCUT2D eigenvalue weighted by molar-refractivity contribution is -0.402. The number of nitrogens with one attached hydrogen (secondary N) is 1. The van der Waals surface area contributed by atoms with E-state index in [-0.39, 0.29) is 5.76 Å². The minimum atomic E-state index is -0.654. The molecule has 0 aliphatic heterocycles. The highest BCUT2D eigenvalue weighted by Gasteiger charge is 2.25. The van der Waals surface area contributed by atoms with E-state index >= 15 is 0 Å². The van der Waals surface area contributed by atoms with Crippen molar-refractivity contribution in [1.29, 1.82) is 0 Å². The van der Waals surface area contributed by atoms with Gasteiger partial charge in [-0.15, -0.1) is 0 Å². The molecule has 1 fully saturated rings. The first-order valence-electron chi connectivity index (χ1n) is 6.70. The number of rotatable bonds is 5. The summed E-state index contributed by atoms with van der Waals surface area (Å²) < 4.78 is 4.88. The molecule has 1 saturated carbocycles. The zero-order chi connectivity index (χ0) is 14.5. The Labute approximate surface area is 125 Å². The normalized spacial score (nSPS) is 22.4. The van der Waals surface area contributed by atoms with Gasteiger partial charge in [-0.3, -0.25) is 14.9 Å². The predicted octanol–water partition coefficient (Wildman–Crippen LogP) is 3.12. The first-order valence-corrected chi connectivity index (χ1v) is 7.82. The molecule has 0 radical (unpaired) electrons. The molecule has 2 atom stereocenters. The third kappa shape index (κ3) is 3.59. The van der Waals surface area contributed by atoms with Crippen LogP contribution in [0.25, 0.3) is 0 Å². The Morgan fingerprint density at radius 1 is 1.40 bits per heavy atom. The van der Waals surface area contributed by atoms with Crippen molar-refractivity contribution in [1.82, 2.24) is 5.32 Å². The van der Waals surface area contributed by atoms with E-state index in [1.807, 2.05) is 0 Å². The number of hydrogen-bond donors (Lipinski definition) is 1. The average Bonchev–Trinajstić information content (AvgIpc) is 2.95. The van der Waals surface area contributed by atoms with E-state index < -0.39 is 16.7 Å². The summed E-state index contributed by atoms with van der Waals surface area (Å²) in [5.41, 5.74) is 0. The van der Waals surface area contributed by atoms with Gasteiger partial charge in [-0.05, 0) is 30.7 Å². The summed E-state index contributed by atoms with van der Waals surface area (Å²) in [6.45, 7) is 0.587. The topological polar surface area (TPSA) is 85.4 Å². The van der Waals surface area contributed by atoms with E-state index in [0.29, 0.717) is 18.4 Å². The lowest BCUT2D eigenvalue weighted by atomic mass is 9.80. The second-order valence-electron chi connectivity index (χ2n) is 5.06. The maximum atomic E-state index is 11.9. The highest BCUT2D eigenvalue weighted by Crippen LogP contribution is 2.30. The molecule has 2 rings (SSSR count). The molecule has 2 unspecified atom stereocenters. The molecule has 1 heterocycles. The Balaban J connectivity index is 1.89. The molecule has 1 aromatic heterocycles. The number of hydrogen-bond acceptors (Lipinski definition) is 4. The monoisotopic (exact) mass is 344 g/mol. The molecular weight excluding hydrogens is 328 g/mol. The van der Waals surface area contributed by atoms with Crippen LogP contribution in [-0.2, 0) is 0 Å². The molecule has 1 aliphatic rings. The van der Waals surface area contributed by atoms with Crippen LogP contribution in [0.3, 0.4) is 0 Å². The maximum Gasteiger partial charge on any atom is 0.433 e. The number of halogens is 1. The van der Waals surface area contributed by atoms with Crippen LogP contribution in [0.4, 0.5) is 5.88 Å². The van der Waals surface area contributed by atoms with Crippen molar-refractivity contribution >= 4 is 27.7 Å². The highest BCUT2D eigenvalue weighted by atomic mass is 79.9. The quantitative estimate of drug-likeness (QED) is 0.505. The van der Waals surface area contributed by atoms with Gasteiger partial charge in [0.1, 0.15) is 4.92 Å². The number of nitrogens with zero attached hydrogens (tertiary/aromatic N) is 1. The van der Waals surface area contributed by atoms with E-state index in [0.717, 1.165) is 11.8 Å². The summed E-state index contributed by atoms with van der Waals surface area (Å²) in [6, 6.07) is 2.52. The molecule has 6 nitrogen and oxygen atoms in total. The molecule has 0 aromatic carbocycles. The van der Waals surface area contributed by atoms with Crippen LogP contribution >= 0.6 is 15.9 Å². The standard InChI is InChI=1S/C13H17BrN2O4/c14-7-9-3-1-2-4-10(9)8-15-13(17)11-5-6-12(20-11)16(18)19/h5-6,9-10H,1-4,7-8H2,(H,15,17). The van der Waals surface area contributed by atoms with Gasteiger partial charge in [-0.25, -0.2) is 0 Å². The van der Waals surface area contributed by atoms with Crippen LogP contribution in [-0.4, -0.2) is 22.7 Å². The number of amides is 1. The molecule has 1 aliphatic carbocycles. The van der Waals surface area contributed by atoms with Crippen molar-refractivity contribution in [3.63, 3.8) is 0 Å². The van der Waals surface area contributed by atoms with Crippen LogP contribution < -0.4 is 5.32 Å². The van der Waals surface area contributed by atoms with E-state index in [1.54, 1.807) is 0 Å². The van der Waals surface area contributed by atoms with Crippen LogP contribution in [0.2, 0.25) is 0 Å². The van der Waals surface area contributed by atoms with Gasteiger partial charge in [0.25, 0.3) is 5.91 Å². The molecule has 1 aromatic rings. The first kappa shape index (κ1) is 15.0. The minimum absolute atomic E-state index is 0.0112. The fourth-order valence-electron chi connectivity index (χ4n) is 2.62. The molecule has 1 N–H and O–H groups in total. The predicted molar refractivity (Wildman–Crippen MR) is 76.9 cm³/mol. The first-order chi connectivity index (χ1) is 9.61. The Morgan fingerprint density at radius 3 is 2.70 bits per heavy atom. The van der Waals surface area contributed by atoms with E-state index in [2.05, 4.69) is 21.2 Å². The summed E-state index contributed by atoms with van der Waals surface area (Å²) in [7, 11) is 0. The van der Waals surface area contributed by atoms with E-state index in [9.17, 15) is 14.9 Å². The Hall–Kier alpha value is -1.37. The van der Waals surface area contributed by atoms with E-state index in [4.69, 9.17) is 4.42 Å². The Bertz CT molecular complexity index is 488. The summed E-state index contributed by atoms with van der Waals surface area (Å²) in [6.07, 6.45) is 4.72. The summed E-state index contributed by atoms with van der Waals surface area (Å²) in [4.78, 5) is 21.7. The van der Waals surface area contributed by atoms with E-state index in [1.165, 1.54) is 31.4 Å². The number of nitro groups is 1. The van der Waals surface area contributed by atoms with Gasteiger partial charge in [0.15, 0.2) is 5.76 Å². The zero-order valence-electron chi connectivity index (χ0n) is 11.0. The Kier molecular flexibility index (Phi) is 5.17. The summed E-state index contributed by atoms with van der Waals surface area (Å²) in [5.74, 6) is 0.220. The Morgan fingerprint density at radius 2 is 2.10 bits per heavy atom. The maximum absolute atomic E-state index is 11.9. The molecule has 110 valence electrons. The van der Waals surface area contributed by atoms with Crippen molar-refractivity contribution < 1.29 is 14.1 Å². The minimum Gasteiger partial charge on any atom is -0.395 e. The van der Waals surface area contributed by atoms with Gasteiger partial charge in [0, 0.05) is 11.9 Å². The molecule has 0 bridgehead atoms. The SMILES string of the molecule is O=C(NCC1CCCCC1CBr)c1ccc([N+](=O)[O-])o1. The second-order valence-corrected chi connectivity index (χ2v) is 5.71. The number of carbonyl (C=O) groups excluding carboxylic acids is 1. The lowest BCUT2D eigenvalue weighted by Gasteiger charge is -2.30. The molecular formula is C13H17BrN2O4. The van der Waals surface area contributed by atoms with Crippen molar-refractivity contribution in [2.45, 2.75) is 25.7 Å². The van der Waals surface area contributed by atoms with Gasteiger partial charge < -0.3 is 9.73 Å². The summed E-state index contributed by atoms with van der Waals surface area (Å²) >= 11 is 3.52. The largest absolute Gasteiger partial charge is 0.433 e. The second kappa shape index (κ2) is 6.88. The van der Waals surface area contributed by atoms with Crippen molar-refractivity contribution in [3.8, 4) is 0 Å². The molecule has 7 heteroatoms. The van der Waals surface area contributed by atoms with Crippen LogP contribution in [0.5, 0.6) is 0 Å². The highest BCUT2D eigenvalue weighted by molar-refractivity contribution is 9.09. The van der Waals surface area contributed by atoms with Gasteiger partial charge >= 0.3 is 5.88 Å². The molecule has 0 spiro atoms. The van der Waals surface area contributed by atoms with Crippen LogP contribution in [0.1, 0.15) is 36.2 Å². The van der Waals surface area contributed by atoms with Gasteiger partial charge in [-0.1, -0.05) is 28.8 Å². The summed E-state index contributed by atoms with van der Waals surface area (Å²) in [5, 5.41) is 14.3. The number of alkyl halides is 1. The third-order valence-electron chi connectivity index (χ3n) is 3.79. The van der Waals surface area contributed by atoms with Crippen LogP contribution in [0, 0.1) is 22.0 Å². The fraction of sp³-hybridized carbons (Fsp3) is 0.615. The van der Waals surface area contributed by atoms with Gasteiger partial charge in [0.2, 0.25) is 0 Å². The third-order valence-corrected chi connectivity index (χ3v) is 4.62. The molecule has 1 amide bonds. The van der Waals surface area contributed by atoms with Crippen LogP contribution in [0.15, 0.2) is 16.5 Å². The number of carbonyl (C=O) groups is 1. The van der Waals surface area contributed by atoms with Crippen molar-refractivity contribution in [3.05, 3.63) is 28.0 Å². The molecule has 20 heavy (non-hydrogen) atoms. The van der Waals surface area contributed by atoms with Gasteiger partial charge in [0.05, 0.1) is 6.07 Å². The van der Waals surface area contributed by atoms with Gasteiger partial charge in [-0.2, -0.15) is 0 Å². The fourth-order valence-corrected chi connectivity index (χ4v) is 3.47.